The van der Waals surface area contributed by atoms with Crippen molar-refractivity contribution in [2.75, 3.05) is 5.32 Å². The molecule has 4 nitrogen and oxygen atoms in total. The Morgan fingerprint density at radius 3 is 2.14 bits per heavy atom. The Hall–Kier alpha value is -2.76. The molecule has 0 aliphatic heterocycles. The average Bonchev–Trinajstić information content (AvgIpc) is 2.69. The first-order chi connectivity index (χ1) is 13.4. The molecule has 6 heteroatoms. The van der Waals surface area contributed by atoms with Crippen molar-refractivity contribution in [2.45, 2.75) is 39.2 Å². The highest BCUT2D eigenvalue weighted by Gasteiger charge is 2.30. The fourth-order valence-electron chi connectivity index (χ4n) is 3.48. The SMILES string of the molecule is Cc1ccc(CNC(=O)C2CCC(C(=O)Nc3ccc(F)cc3F)CC2)cc1. The average molecular weight is 386 g/mol. The van der Waals surface area contributed by atoms with Crippen LogP contribution >= 0.6 is 0 Å². The molecule has 28 heavy (non-hydrogen) atoms. The molecule has 0 heterocycles. The summed E-state index contributed by atoms with van der Waals surface area (Å²) in [6.45, 7) is 2.50. The van der Waals surface area contributed by atoms with Crippen molar-refractivity contribution in [3.8, 4) is 0 Å². The van der Waals surface area contributed by atoms with Crippen LogP contribution in [-0.2, 0) is 16.1 Å². The van der Waals surface area contributed by atoms with Crippen LogP contribution in [0.25, 0.3) is 0 Å². The Labute approximate surface area is 163 Å². The molecule has 0 unspecified atom stereocenters. The van der Waals surface area contributed by atoms with E-state index in [0.717, 1.165) is 17.7 Å². The molecule has 0 bridgehead atoms. The maximum Gasteiger partial charge on any atom is 0.227 e. The first kappa shape index (κ1) is 20.0. The standard InChI is InChI=1S/C22H24F2N2O2/c1-14-2-4-15(5-3-14)13-25-21(27)16-6-8-17(9-7-16)22(28)26-20-11-10-18(23)12-19(20)24/h2-5,10-12,16-17H,6-9,13H2,1H3,(H,25,27)(H,26,28). The highest BCUT2D eigenvalue weighted by atomic mass is 19.1. The quantitative estimate of drug-likeness (QED) is 0.803. The summed E-state index contributed by atoms with van der Waals surface area (Å²) >= 11 is 0. The van der Waals surface area contributed by atoms with E-state index in [1.807, 2.05) is 31.2 Å². The fraction of sp³-hybridized carbons (Fsp3) is 0.364. The Balaban J connectivity index is 1.46. The number of carbonyl (C=O) groups excluding carboxylic acids is 2. The van der Waals surface area contributed by atoms with Crippen LogP contribution < -0.4 is 10.6 Å². The predicted octanol–water partition coefficient (Wildman–Crippen LogP) is 4.33. The topological polar surface area (TPSA) is 58.2 Å². The molecule has 148 valence electrons. The number of hydrogen-bond acceptors (Lipinski definition) is 2. The van der Waals surface area contributed by atoms with Crippen LogP contribution in [0.1, 0.15) is 36.8 Å². The maximum absolute atomic E-state index is 13.7. The summed E-state index contributed by atoms with van der Waals surface area (Å²) in [5, 5.41) is 5.48. The van der Waals surface area contributed by atoms with Gasteiger partial charge in [0.25, 0.3) is 0 Å². The molecular formula is C22H24F2N2O2. The van der Waals surface area contributed by atoms with Crippen molar-refractivity contribution in [3.05, 3.63) is 65.2 Å². The highest BCUT2D eigenvalue weighted by Crippen LogP contribution is 2.30. The number of carbonyl (C=O) groups is 2. The van der Waals surface area contributed by atoms with Crippen molar-refractivity contribution in [1.29, 1.82) is 0 Å². The summed E-state index contributed by atoms with van der Waals surface area (Å²) in [5.41, 5.74) is 2.20. The third-order valence-corrected chi connectivity index (χ3v) is 5.25. The van der Waals surface area contributed by atoms with Gasteiger partial charge >= 0.3 is 0 Å². The number of anilines is 1. The zero-order chi connectivity index (χ0) is 20.1. The molecule has 0 saturated heterocycles. The summed E-state index contributed by atoms with van der Waals surface area (Å²) in [7, 11) is 0. The highest BCUT2D eigenvalue weighted by molar-refractivity contribution is 5.92. The molecule has 2 amide bonds. The Morgan fingerprint density at radius 2 is 1.54 bits per heavy atom. The predicted molar refractivity (Wildman–Crippen MR) is 103 cm³/mol. The number of halogens is 2. The number of rotatable bonds is 5. The normalized spacial score (nSPS) is 19.1. The van der Waals surface area contributed by atoms with Crippen LogP contribution in [0.2, 0.25) is 0 Å². The Bertz CT molecular complexity index is 844. The zero-order valence-corrected chi connectivity index (χ0v) is 15.8. The van der Waals surface area contributed by atoms with Crippen LogP contribution in [0.15, 0.2) is 42.5 Å². The van der Waals surface area contributed by atoms with E-state index < -0.39 is 11.6 Å². The van der Waals surface area contributed by atoms with Gasteiger partial charge in [-0.25, -0.2) is 8.78 Å². The van der Waals surface area contributed by atoms with E-state index >= 15 is 0 Å². The van der Waals surface area contributed by atoms with E-state index in [-0.39, 0.29) is 29.3 Å². The van der Waals surface area contributed by atoms with E-state index in [2.05, 4.69) is 10.6 Å². The molecule has 1 aliphatic carbocycles. The molecule has 2 N–H and O–H groups in total. The van der Waals surface area contributed by atoms with Crippen molar-refractivity contribution in [3.63, 3.8) is 0 Å². The molecule has 2 aromatic carbocycles. The lowest BCUT2D eigenvalue weighted by atomic mass is 9.81. The van der Waals surface area contributed by atoms with E-state index in [4.69, 9.17) is 0 Å². The summed E-state index contributed by atoms with van der Waals surface area (Å²) in [5.74, 6) is -2.15. The second kappa shape index (κ2) is 8.95. The zero-order valence-electron chi connectivity index (χ0n) is 15.8. The summed E-state index contributed by atoms with van der Waals surface area (Å²) in [6.07, 6.45) is 2.36. The Morgan fingerprint density at radius 1 is 0.929 bits per heavy atom. The van der Waals surface area contributed by atoms with Gasteiger partial charge in [-0.3, -0.25) is 9.59 Å². The van der Waals surface area contributed by atoms with Crippen LogP contribution in [0.5, 0.6) is 0 Å². The van der Waals surface area contributed by atoms with E-state index in [0.29, 0.717) is 32.2 Å². The molecule has 3 rings (SSSR count). The molecule has 2 aromatic rings. The molecule has 1 aliphatic rings. The molecule has 1 fully saturated rings. The van der Waals surface area contributed by atoms with Gasteiger partial charge in [-0.1, -0.05) is 29.8 Å². The van der Waals surface area contributed by atoms with Gasteiger partial charge in [0.2, 0.25) is 11.8 Å². The molecule has 0 spiro atoms. The Kier molecular flexibility index (Phi) is 6.39. The van der Waals surface area contributed by atoms with Crippen LogP contribution in [0.4, 0.5) is 14.5 Å². The van der Waals surface area contributed by atoms with Gasteiger partial charge in [-0.2, -0.15) is 0 Å². The van der Waals surface area contributed by atoms with Gasteiger partial charge in [-0.05, 0) is 50.3 Å². The molecule has 0 aromatic heterocycles. The minimum absolute atomic E-state index is 0.00371. The van der Waals surface area contributed by atoms with Gasteiger partial charge < -0.3 is 10.6 Å². The van der Waals surface area contributed by atoms with Gasteiger partial charge in [-0.15, -0.1) is 0 Å². The first-order valence-electron chi connectivity index (χ1n) is 9.51. The molecular weight excluding hydrogens is 362 g/mol. The monoisotopic (exact) mass is 386 g/mol. The molecule has 1 saturated carbocycles. The van der Waals surface area contributed by atoms with Crippen molar-refractivity contribution >= 4 is 17.5 Å². The molecule has 0 atom stereocenters. The summed E-state index contributed by atoms with van der Waals surface area (Å²) in [4.78, 5) is 24.7. The maximum atomic E-state index is 13.7. The number of hydrogen-bond donors (Lipinski definition) is 2. The second-order valence-electron chi connectivity index (χ2n) is 7.37. The van der Waals surface area contributed by atoms with Crippen molar-refractivity contribution in [2.24, 2.45) is 11.8 Å². The van der Waals surface area contributed by atoms with E-state index in [1.54, 1.807) is 0 Å². The largest absolute Gasteiger partial charge is 0.352 e. The van der Waals surface area contributed by atoms with Gasteiger partial charge in [0.15, 0.2) is 0 Å². The van der Waals surface area contributed by atoms with E-state index in [9.17, 15) is 18.4 Å². The summed E-state index contributed by atoms with van der Waals surface area (Å²) < 4.78 is 26.6. The smallest absolute Gasteiger partial charge is 0.227 e. The first-order valence-corrected chi connectivity index (χ1v) is 9.51. The minimum Gasteiger partial charge on any atom is -0.352 e. The van der Waals surface area contributed by atoms with Gasteiger partial charge in [0, 0.05) is 24.4 Å². The lowest BCUT2D eigenvalue weighted by Crippen LogP contribution is -2.35. The third kappa shape index (κ3) is 5.15. The third-order valence-electron chi connectivity index (χ3n) is 5.25. The second-order valence-corrected chi connectivity index (χ2v) is 7.37. The number of benzene rings is 2. The minimum atomic E-state index is -0.794. The molecule has 0 radical (unpaired) electrons. The lowest BCUT2D eigenvalue weighted by Gasteiger charge is -2.27. The van der Waals surface area contributed by atoms with Crippen LogP contribution in [0, 0.1) is 30.4 Å². The van der Waals surface area contributed by atoms with Gasteiger partial charge in [0.05, 0.1) is 5.69 Å². The van der Waals surface area contributed by atoms with Crippen LogP contribution in [0.3, 0.4) is 0 Å². The van der Waals surface area contributed by atoms with Crippen molar-refractivity contribution in [1.82, 2.24) is 5.32 Å². The summed E-state index contributed by atoms with van der Waals surface area (Å²) in [6, 6.07) is 11.1. The fourth-order valence-corrected chi connectivity index (χ4v) is 3.48. The lowest BCUT2D eigenvalue weighted by molar-refractivity contribution is -0.128. The van der Waals surface area contributed by atoms with Crippen LogP contribution in [-0.4, -0.2) is 11.8 Å². The number of nitrogens with one attached hydrogen (secondary N) is 2. The number of amides is 2. The van der Waals surface area contributed by atoms with Crippen molar-refractivity contribution < 1.29 is 18.4 Å². The number of aryl methyl sites for hydroxylation is 1. The van der Waals surface area contributed by atoms with Gasteiger partial charge in [0.1, 0.15) is 11.6 Å². The van der Waals surface area contributed by atoms with E-state index in [1.165, 1.54) is 11.6 Å².